The maximum Gasteiger partial charge on any atom is 0.404 e. The highest BCUT2D eigenvalue weighted by Gasteiger charge is 2.11. The molecule has 0 radical (unpaired) electrons. The predicted octanol–water partition coefficient (Wildman–Crippen LogP) is 3.18. The molecule has 1 rings (SSSR count). The van der Waals surface area contributed by atoms with E-state index in [1.165, 1.54) is 6.07 Å². The van der Waals surface area contributed by atoms with Gasteiger partial charge in [-0.2, -0.15) is 0 Å². The van der Waals surface area contributed by atoms with Crippen molar-refractivity contribution in [3.8, 4) is 5.75 Å². The Morgan fingerprint density at radius 2 is 1.95 bits per heavy atom. The van der Waals surface area contributed by atoms with Crippen molar-refractivity contribution in [2.45, 2.75) is 32.1 Å². The lowest BCUT2D eigenvalue weighted by Gasteiger charge is -2.07. The van der Waals surface area contributed by atoms with Crippen LogP contribution in [-0.2, 0) is 6.42 Å². The third-order valence-electron chi connectivity index (χ3n) is 3.10. The maximum absolute atomic E-state index is 12.1. The second-order valence-electron chi connectivity index (χ2n) is 4.76. The number of hydrogen-bond donors (Lipinski definition) is 3. The molecule has 21 heavy (non-hydrogen) atoms. The Morgan fingerprint density at radius 3 is 2.62 bits per heavy atom. The molecule has 0 fully saturated rings. The van der Waals surface area contributed by atoms with Crippen molar-refractivity contribution in [1.29, 1.82) is 0 Å². The van der Waals surface area contributed by atoms with E-state index >= 15 is 0 Å². The van der Waals surface area contributed by atoms with Crippen LogP contribution >= 0.6 is 11.6 Å². The number of aromatic hydroxyl groups is 1. The number of carbonyl (C=O) groups is 2. The van der Waals surface area contributed by atoms with E-state index in [2.05, 4.69) is 5.32 Å². The van der Waals surface area contributed by atoms with Crippen molar-refractivity contribution in [2.75, 3.05) is 12.4 Å². The van der Waals surface area contributed by atoms with Gasteiger partial charge in [0.05, 0.1) is 5.56 Å². The quantitative estimate of drug-likeness (QED) is 0.371. The molecular formula is C15H20ClNO4. The van der Waals surface area contributed by atoms with Gasteiger partial charge in [-0.3, -0.25) is 4.79 Å². The van der Waals surface area contributed by atoms with E-state index in [-0.39, 0.29) is 11.5 Å². The van der Waals surface area contributed by atoms with E-state index in [1.807, 2.05) is 0 Å². The van der Waals surface area contributed by atoms with Crippen LogP contribution in [-0.4, -0.2) is 34.5 Å². The first-order chi connectivity index (χ1) is 10.0. The highest BCUT2D eigenvalue weighted by molar-refractivity contribution is 6.18. The van der Waals surface area contributed by atoms with Gasteiger partial charge in [0.25, 0.3) is 0 Å². The zero-order valence-corrected chi connectivity index (χ0v) is 12.5. The Balaban J connectivity index is 2.41. The molecule has 0 heterocycles. The lowest BCUT2D eigenvalue weighted by atomic mass is 10.0. The van der Waals surface area contributed by atoms with E-state index < -0.39 is 6.09 Å². The van der Waals surface area contributed by atoms with Gasteiger partial charge in [0.15, 0.2) is 5.78 Å². The molecule has 0 saturated heterocycles. The summed E-state index contributed by atoms with van der Waals surface area (Å²) in [6.07, 6.45) is 2.08. The molecule has 0 aromatic heterocycles. The summed E-state index contributed by atoms with van der Waals surface area (Å²) in [5, 5.41) is 20.4. The minimum absolute atomic E-state index is 0.00846. The molecule has 0 atom stereocenters. The normalized spacial score (nSPS) is 10.3. The van der Waals surface area contributed by atoms with Crippen molar-refractivity contribution >= 4 is 23.5 Å². The highest BCUT2D eigenvalue weighted by Crippen LogP contribution is 2.21. The van der Waals surface area contributed by atoms with Gasteiger partial charge in [0.2, 0.25) is 0 Å². The summed E-state index contributed by atoms with van der Waals surface area (Å²) in [6.45, 7) is 0.389. The van der Waals surface area contributed by atoms with Crippen molar-refractivity contribution in [1.82, 2.24) is 5.32 Å². The number of amides is 1. The van der Waals surface area contributed by atoms with Crippen molar-refractivity contribution in [3.63, 3.8) is 0 Å². The van der Waals surface area contributed by atoms with Gasteiger partial charge in [-0.25, -0.2) is 4.79 Å². The fraction of sp³-hybridized carbons (Fsp3) is 0.467. The largest absolute Gasteiger partial charge is 0.507 e. The number of halogens is 1. The Bertz CT molecular complexity index is 491. The average Bonchev–Trinajstić information content (AvgIpc) is 2.44. The Labute approximate surface area is 128 Å². The van der Waals surface area contributed by atoms with Gasteiger partial charge in [-0.05, 0) is 37.0 Å². The number of alkyl halides is 1. The lowest BCUT2D eigenvalue weighted by molar-refractivity contribution is 0.0976. The molecule has 3 N–H and O–H groups in total. The molecule has 0 aliphatic carbocycles. The number of phenols is 1. The van der Waals surface area contributed by atoms with Crippen LogP contribution in [0.4, 0.5) is 4.79 Å². The number of Topliss-reactive ketones (excluding diaryl/α,β-unsaturated/α-hetero) is 1. The molecule has 0 bridgehead atoms. The van der Waals surface area contributed by atoms with Crippen LogP contribution in [0.2, 0.25) is 0 Å². The van der Waals surface area contributed by atoms with E-state index in [0.29, 0.717) is 43.7 Å². The fourth-order valence-corrected chi connectivity index (χ4v) is 2.21. The summed E-state index contributed by atoms with van der Waals surface area (Å²) in [5.74, 6) is 0.357. The van der Waals surface area contributed by atoms with Crippen LogP contribution in [0.3, 0.4) is 0 Å². The number of aryl methyl sites for hydroxylation is 1. The zero-order valence-electron chi connectivity index (χ0n) is 11.8. The number of ketones is 1. The molecule has 0 unspecified atom stereocenters. The molecular weight excluding hydrogens is 294 g/mol. The topological polar surface area (TPSA) is 86.6 Å². The van der Waals surface area contributed by atoms with E-state index in [0.717, 1.165) is 12.0 Å². The van der Waals surface area contributed by atoms with Crippen LogP contribution in [0, 0.1) is 0 Å². The number of carbonyl (C=O) groups excluding carboxylic acids is 1. The van der Waals surface area contributed by atoms with Gasteiger partial charge in [0.1, 0.15) is 5.75 Å². The Morgan fingerprint density at radius 1 is 1.19 bits per heavy atom. The molecule has 1 aromatic carbocycles. The molecule has 0 saturated carbocycles. The average molecular weight is 314 g/mol. The molecule has 0 aliphatic rings. The smallest absolute Gasteiger partial charge is 0.404 e. The van der Waals surface area contributed by atoms with Crippen molar-refractivity contribution < 1.29 is 19.8 Å². The number of unbranched alkanes of at least 4 members (excludes halogenated alkanes) is 2. The number of phenolic OH excluding ortho intramolecular Hbond substituents is 1. The lowest BCUT2D eigenvalue weighted by Crippen LogP contribution is -2.21. The van der Waals surface area contributed by atoms with E-state index in [4.69, 9.17) is 16.7 Å². The molecule has 0 spiro atoms. The number of benzene rings is 1. The van der Waals surface area contributed by atoms with Gasteiger partial charge in [-0.1, -0.05) is 12.5 Å². The standard InChI is InChI=1S/C15H20ClNO4/c16-8-7-11-5-6-14(19)12(10-11)13(18)4-2-1-3-9-17-15(20)21/h5-6,10,17,19H,1-4,7-9H2,(H,20,21). The minimum Gasteiger partial charge on any atom is -0.507 e. The summed E-state index contributed by atoms with van der Waals surface area (Å²) >= 11 is 5.67. The molecule has 1 aromatic rings. The maximum atomic E-state index is 12.1. The van der Waals surface area contributed by atoms with Crippen LogP contribution in [0.25, 0.3) is 0 Å². The third kappa shape index (κ3) is 6.49. The first-order valence-electron chi connectivity index (χ1n) is 6.92. The summed E-state index contributed by atoms with van der Waals surface area (Å²) in [5.41, 5.74) is 1.26. The van der Waals surface area contributed by atoms with Crippen LogP contribution in [0.5, 0.6) is 5.75 Å². The summed E-state index contributed by atoms with van der Waals surface area (Å²) in [4.78, 5) is 22.3. The van der Waals surface area contributed by atoms with Gasteiger partial charge >= 0.3 is 6.09 Å². The SMILES string of the molecule is O=C(O)NCCCCCC(=O)c1cc(CCCl)ccc1O. The molecule has 116 valence electrons. The number of nitrogens with one attached hydrogen (secondary N) is 1. The van der Waals surface area contributed by atoms with Crippen molar-refractivity contribution in [3.05, 3.63) is 29.3 Å². The van der Waals surface area contributed by atoms with Crippen LogP contribution in [0.1, 0.15) is 41.6 Å². The molecule has 5 nitrogen and oxygen atoms in total. The highest BCUT2D eigenvalue weighted by atomic mass is 35.5. The Kier molecular flexibility index (Phi) is 7.61. The second kappa shape index (κ2) is 9.23. The summed E-state index contributed by atoms with van der Waals surface area (Å²) in [6, 6.07) is 4.96. The van der Waals surface area contributed by atoms with E-state index in [9.17, 15) is 14.7 Å². The predicted molar refractivity (Wildman–Crippen MR) is 81.4 cm³/mol. The third-order valence-corrected chi connectivity index (χ3v) is 3.29. The second-order valence-corrected chi connectivity index (χ2v) is 5.13. The molecule has 0 aliphatic heterocycles. The van der Waals surface area contributed by atoms with Gasteiger partial charge in [0, 0.05) is 18.8 Å². The zero-order chi connectivity index (χ0) is 15.7. The number of carboxylic acid groups (broad SMARTS) is 1. The van der Waals surface area contributed by atoms with E-state index in [1.54, 1.807) is 12.1 Å². The van der Waals surface area contributed by atoms with Crippen LogP contribution < -0.4 is 5.32 Å². The first-order valence-corrected chi connectivity index (χ1v) is 7.46. The monoisotopic (exact) mass is 313 g/mol. The fourth-order valence-electron chi connectivity index (χ4n) is 1.99. The van der Waals surface area contributed by atoms with Crippen LogP contribution in [0.15, 0.2) is 18.2 Å². The molecule has 1 amide bonds. The Hall–Kier alpha value is -1.75. The minimum atomic E-state index is -1.04. The van der Waals surface area contributed by atoms with Gasteiger partial charge < -0.3 is 15.5 Å². The van der Waals surface area contributed by atoms with Gasteiger partial charge in [-0.15, -0.1) is 11.6 Å². The molecule has 6 heteroatoms. The number of rotatable bonds is 9. The summed E-state index contributed by atoms with van der Waals surface area (Å²) in [7, 11) is 0. The van der Waals surface area contributed by atoms with Crippen molar-refractivity contribution in [2.24, 2.45) is 0 Å². The summed E-state index contributed by atoms with van der Waals surface area (Å²) < 4.78 is 0. The number of hydrogen-bond acceptors (Lipinski definition) is 3. The first kappa shape index (κ1) is 17.3.